The molecular formula is C20H26N4OS. The van der Waals surface area contributed by atoms with Gasteiger partial charge >= 0.3 is 6.03 Å². The summed E-state index contributed by atoms with van der Waals surface area (Å²) in [5.74, 6) is 0. The Labute approximate surface area is 160 Å². The number of benzene rings is 2. The molecule has 0 atom stereocenters. The lowest BCUT2D eigenvalue weighted by Gasteiger charge is -2.13. The van der Waals surface area contributed by atoms with Crippen LogP contribution in [0.4, 0.5) is 16.2 Å². The van der Waals surface area contributed by atoms with Gasteiger partial charge in [0, 0.05) is 24.0 Å². The number of carbonyl (C=O) groups is 1. The molecule has 0 radical (unpaired) electrons. The third-order valence-corrected chi connectivity index (χ3v) is 3.96. The third kappa shape index (κ3) is 6.37. The summed E-state index contributed by atoms with van der Waals surface area (Å²) >= 11 is 5.36. The second kappa shape index (κ2) is 9.20. The van der Waals surface area contributed by atoms with Crippen LogP contribution in [0, 0.1) is 13.8 Å². The highest BCUT2D eigenvalue weighted by molar-refractivity contribution is 7.80. The average Bonchev–Trinajstić information content (AvgIpc) is 2.56. The van der Waals surface area contributed by atoms with E-state index < -0.39 is 0 Å². The summed E-state index contributed by atoms with van der Waals surface area (Å²) in [6.45, 7) is 8.57. The molecule has 0 spiro atoms. The van der Waals surface area contributed by atoms with Gasteiger partial charge in [-0.3, -0.25) is 0 Å². The van der Waals surface area contributed by atoms with Crippen molar-refractivity contribution in [3.63, 3.8) is 0 Å². The zero-order valence-corrected chi connectivity index (χ0v) is 16.5. The zero-order valence-electron chi connectivity index (χ0n) is 15.6. The van der Waals surface area contributed by atoms with Gasteiger partial charge in [-0.05, 0) is 69.2 Å². The monoisotopic (exact) mass is 370 g/mol. The van der Waals surface area contributed by atoms with Gasteiger partial charge in [0.05, 0.1) is 0 Å². The van der Waals surface area contributed by atoms with Gasteiger partial charge in [-0.15, -0.1) is 0 Å². The Morgan fingerprint density at radius 2 is 1.73 bits per heavy atom. The van der Waals surface area contributed by atoms with Crippen LogP contribution in [0.3, 0.4) is 0 Å². The highest BCUT2D eigenvalue weighted by atomic mass is 32.1. The van der Waals surface area contributed by atoms with Gasteiger partial charge in [0.1, 0.15) is 0 Å². The zero-order chi connectivity index (χ0) is 19.1. The van der Waals surface area contributed by atoms with Crippen LogP contribution in [0.2, 0.25) is 0 Å². The number of hydrogen-bond acceptors (Lipinski definition) is 2. The van der Waals surface area contributed by atoms with E-state index in [1.165, 1.54) is 5.56 Å². The molecule has 2 rings (SSSR count). The molecule has 2 aromatic carbocycles. The molecule has 2 aromatic rings. The van der Waals surface area contributed by atoms with Gasteiger partial charge in [0.2, 0.25) is 0 Å². The summed E-state index contributed by atoms with van der Waals surface area (Å²) < 4.78 is 0. The van der Waals surface area contributed by atoms with E-state index in [1.807, 2.05) is 44.2 Å². The standard InChI is InChI=1S/C20H26N4OS/c1-13(2)22-19(25)23-17-8-6-16(7-9-17)12-21-20(26)24-18-10-5-14(3)11-15(18)4/h5-11,13H,12H2,1-4H3,(H2,21,24,26)(H2,22,23,25). The Bertz CT molecular complexity index is 772. The number of hydrogen-bond donors (Lipinski definition) is 4. The highest BCUT2D eigenvalue weighted by Crippen LogP contribution is 2.16. The van der Waals surface area contributed by atoms with Crippen molar-refractivity contribution < 1.29 is 4.79 Å². The van der Waals surface area contributed by atoms with Crippen molar-refractivity contribution in [1.29, 1.82) is 0 Å². The maximum Gasteiger partial charge on any atom is 0.319 e. The normalized spacial score (nSPS) is 10.3. The minimum atomic E-state index is -0.204. The molecule has 5 nitrogen and oxygen atoms in total. The van der Waals surface area contributed by atoms with Crippen molar-refractivity contribution >= 4 is 34.7 Å². The second-order valence-corrected chi connectivity index (χ2v) is 6.98. The van der Waals surface area contributed by atoms with Crippen LogP contribution in [0.5, 0.6) is 0 Å². The third-order valence-electron chi connectivity index (χ3n) is 3.71. The molecule has 0 aliphatic carbocycles. The molecule has 0 fully saturated rings. The summed E-state index contributed by atoms with van der Waals surface area (Å²) in [6, 6.07) is 13.8. The Balaban J connectivity index is 1.83. The van der Waals surface area contributed by atoms with Crippen LogP contribution in [0.25, 0.3) is 0 Å². The second-order valence-electron chi connectivity index (χ2n) is 6.58. The van der Waals surface area contributed by atoms with E-state index >= 15 is 0 Å². The van der Waals surface area contributed by atoms with E-state index in [0.29, 0.717) is 11.7 Å². The van der Waals surface area contributed by atoms with Crippen molar-refractivity contribution in [2.45, 2.75) is 40.3 Å². The molecule has 138 valence electrons. The molecule has 6 heteroatoms. The fourth-order valence-electron chi connectivity index (χ4n) is 2.44. The number of urea groups is 1. The highest BCUT2D eigenvalue weighted by Gasteiger charge is 2.04. The summed E-state index contributed by atoms with van der Waals surface area (Å²) in [5.41, 5.74) is 5.21. The lowest BCUT2D eigenvalue weighted by molar-refractivity contribution is 0.250. The number of rotatable bonds is 5. The van der Waals surface area contributed by atoms with Gasteiger partial charge in [-0.25, -0.2) is 4.79 Å². The van der Waals surface area contributed by atoms with Crippen molar-refractivity contribution in [1.82, 2.24) is 10.6 Å². The molecule has 0 unspecified atom stereocenters. The van der Waals surface area contributed by atoms with Gasteiger partial charge in [-0.2, -0.15) is 0 Å². The molecule has 0 aliphatic heterocycles. The van der Waals surface area contributed by atoms with E-state index in [0.717, 1.165) is 22.5 Å². The molecule has 0 saturated carbocycles. The largest absolute Gasteiger partial charge is 0.358 e. The molecule has 0 aliphatic rings. The van der Waals surface area contributed by atoms with Crippen molar-refractivity contribution in [2.24, 2.45) is 0 Å². The smallest absolute Gasteiger partial charge is 0.319 e. The first-order valence-corrected chi connectivity index (χ1v) is 9.03. The van der Waals surface area contributed by atoms with Crippen LogP contribution >= 0.6 is 12.2 Å². The Morgan fingerprint density at radius 1 is 1.04 bits per heavy atom. The first-order valence-electron chi connectivity index (χ1n) is 8.62. The number of anilines is 2. The lowest BCUT2D eigenvalue weighted by atomic mass is 10.1. The predicted molar refractivity (Wildman–Crippen MR) is 113 cm³/mol. The molecule has 26 heavy (non-hydrogen) atoms. The van der Waals surface area contributed by atoms with Gasteiger partial charge in [0.25, 0.3) is 0 Å². The number of nitrogens with one attached hydrogen (secondary N) is 4. The maximum absolute atomic E-state index is 11.7. The van der Waals surface area contributed by atoms with Crippen LogP contribution in [0.1, 0.15) is 30.5 Å². The summed E-state index contributed by atoms with van der Waals surface area (Å²) in [5, 5.41) is 12.6. The van der Waals surface area contributed by atoms with Crippen LogP contribution in [0.15, 0.2) is 42.5 Å². The lowest BCUT2D eigenvalue weighted by Crippen LogP contribution is -2.34. The van der Waals surface area contributed by atoms with E-state index in [2.05, 4.69) is 47.2 Å². The van der Waals surface area contributed by atoms with Crippen LogP contribution < -0.4 is 21.3 Å². The number of aryl methyl sites for hydroxylation is 2. The molecule has 0 bridgehead atoms. The van der Waals surface area contributed by atoms with Crippen molar-refractivity contribution in [2.75, 3.05) is 10.6 Å². The topological polar surface area (TPSA) is 65.2 Å². The minimum absolute atomic E-state index is 0.101. The van der Waals surface area contributed by atoms with E-state index in [9.17, 15) is 4.79 Å². The molecule has 2 amide bonds. The maximum atomic E-state index is 11.7. The van der Waals surface area contributed by atoms with Crippen LogP contribution in [-0.4, -0.2) is 17.2 Å². The van der Waals surface area contributed by atoms with Gasteiger partial charge in [-0.1, -0.05) is 29.8 Å². The van der Waals surface area contributed by atoms with Crippen molar-refractivity contribution in [3.8, 4) is 0 Å². The van der Waals surface area contributed by atoms with Crippen molar-refractivity contribution in [3.05, 3.63) is 59.2 Å². The van der Waals surface area contributed by atoms with Gasteiger partial charge < -0.3 is 21.3 Å². The summed E-state index contributed by atoms with van der Waals surface area (Å²) in [6.07, 6.45) is 0. The van der Waals surface area contributed by atoms with E-state index in [-0.39, 0.29) is 12.1 Å². The molecule has 0 heterocycles. The predicted octanol–water partition coefficient (Wildman–Crippen LogP) is 4.32. The number of amides is 2. The number of thiocarbonyl (C=S) groups is 1. The fraction of sp³-hybridized carbons (Fsp3) is 0.300. The first-order chi connectivity index (χ1) is 12.3. The fourth-order valence-corrected chi connectivity index (χ4v) is 2.62. The average molecular weight is 371 g/mol. The summed E-state index contributed by atoms with van der Waals surface area (Å²) in [7, 11) is 0. The Morgan fingerprint density at radius 3 is 2.35 bits per heavy atom. The molecular weight excluding hydrogens is 344 g/mol. The first kappa shape index (κ1) is 19.7. The van der Waals surface area contributed by atoms with E-state index in [1.54, 1.807) is 0 Å². The minimum Gasteiger partial charge on any atom is -0.358 e. The Kier molecular flexibility index (Phi) is 6.97. The summed E-state index contributed by atoms with van der Waals surface area (Å²) in [4.78, 5) is 11.7. The quantitative estimate of drug-likeness (QED) is 0.592. The van der Waals surface area contributed by atoms with Gasteiger partial charge in [0.15, 0.2) is 5.11 Å². The molecule has 0 aromatic heterocycles. The molecule has 4 N–H and O–H groups in total. The van der Waals surface area contributed by atoms with E-state index in [4.69, 9.17) is 12.2 Å². The number of carbonyl (C=O) groups excluding carboxylic acids is 1. The molecule has 0 saturated heterocycles. The Hall–Kier alpha value is -2.60. The van der Waals surface area contributed by atoms with Crippen LogP contribution in [-0.2, 0) is 6.54 Å². The SMILES string of the molecule is Cc1ccc(NC(=S)NCc2ccc(NC(=O)NC(C)C)cc2)c(C)c1.